The summed E-state index contributed by atoms with van der Waals surface area (Å²) in [4.78, 5) is 14.2. The van der Waals surface area contributed by atoms with E-state index in [1.54, 1.807) is 0 Å². The summed E-state index contributed by atoms with van der Waals surface area (Å²) in [6, 6.07) is 8.27. The van der Waals surface area contributed by atoms with Crippen molar-refractivity contribution < 1.29 is 9.90 Å². The summed E-state index contributed by atoms with van der Waals surface area (Å²) in [5.41, 5.74) is 2.39. The van der Waals surface area contributed by atoms with Gasteiger partial charge in [0.2, 0.25) is 5.91 Å². The molecule has 3 heteroatoms. The van der Waals surface area contributed by atoms with Crippen LogP contribution in [0.4, 0.5) is 0 Å². The van der Waals surface area contributed by atoms with Crippen LogP contribution in [0.5, 0.6) is 0 Å². The Morgan fingerprint density at radius 3 is 2.63 bits per heavy atom. The molecule has 1 aromatic carbocycles. The number of hydrogen-bond donors (Lipinski definition) is 1. The van der Waals surface area contributed by atoms with Gasteiger partial charge in [-0.3, -0.25) is 4.79 Å². The molecule has 0 unspecified atom stereocenters. The summed E-state index contributed by atoms with van der Waals surface area (Å²) in [6.45, 7) is 3.95. The molecule has 104 valence electrons. The number of piperidine rings is 1. The van der Waals surface area contributed by atoms with Crippen molar-refractivity contribution >= 4 is 5.91 Å². The molecule has 1 saturated heterocycles. The van der Waals surface area contributed by atoms with Crippen LogP contribution < -0.4 is 0 Å². The summed E-state index contributed by atoms with van der Waals surface area (Å²) in [6.07, 6.45) is 3.36. The third kappa shape index (κ3) is 3.80. The molecule has 1 N–H and O–H groups in total. The average molecular weight is 261 g/mol. The van der Waals surface area contributed by atoms with Gasteiger partial charge in [0.05, 0.1) is 6.42 Å². The minimum absolute atomic E-state index is 0.213. The third-order valence-electron chi connectivity index (χ3n) is 3.98. The molecule has 1 amide bonds. The topological polar surface area (TPSA) is 40.5 Å². The van der Waals surface area contributed by atoms with Crippen molar-refractivity contribution in [1.82, 2.24) is 4.90 Å². The molecule has 19 heavy (non-hydrogen) atoms. The molecule has 1 aliphatic heterocycles. The van der Waals surface area contributed by atoms with Gasteiger partial charge in [0.25, 0.3) is 0 Å². The Labute approximate surface area is 115 Å². The Bertz CT molecular complexity index is 423. The first-order chi connectivity index (χ1) is 9.22. The quantitative estimate of drug-likeness (QED) is 0.901. The average Bonchev–Trinajstić information content (AvgIpc) is 2.47. The van der Waals surface area contributed by atoms with Gasteiger partial charge < -0.3 is 10.0 Å². The van der Waals surface area contributed by atoms with Crippen molar-refractivity contribution in [2.24, 2.45) is 5.92 Å². The van der Waals surface area contributed by atoms with Crippen molar-refractivity contribution in [3.63, 3.8) is 0 Å². The number of aryl methyl sites for hydroxylation is 1. The number of benzene rings is 1. The fraction of sp³-hybridized carbons (Fsp3) is 0.562. The predicted octanol–water partition coefficient (Wildman–Crippen LogP) is 2.02. The van der Waals surface area contributed by atoms with Crippen molar-refractivity contribution in [2.45, 2.75) is 32.6 Å². The molecule has 1 heterocycles. The SMILES string of the molecule is CCc1cccc(CC(=O)N2CCC(CO)CC2)c1. The van der Waals surface area contributed by atoms with Gasteiger partial charge in [0, 0.05) is 19.7 Å². The Kier molecular flexibility index (Phi) is 4.97. The van der Waals surface area contributed by atoms with Gasteiger partial charge in [-0.1, -0.05) is 31.2 Å². The Morgan fingerprint density at radius 1 is 1.32 bits per heavy atom. The predicted molar refractivity (Wildman–Crippen MR) is 75.9 cm³/mol. The van der Waals surface area contributed by atoms with Gasteiger partial charge in [0.15, 0.2) is 0 Å². The highest BCUT2D eigenvalue weighted by atomic mass is 16.3. The van der Waals surface area contributed by atoms with Crippen LogP contribution in [0.25, 0.3) is 0 Å². The smallest absolute Gasteiger partial charge is 0.226 e. The first kappa shape index (κ1) is 14.1. The van der Waals surface area contributed by atoms with Crippen molar-refractivity contribution in [3.05, 3.63) is 35.4 Å². The molecule has 0 saturated carbocycles. The minimum Gasteiger partial charge on any atom is -0.396 e. The molecule has 1 aromatic rings. The van der Waals surface area contributed by atoms with Crippen molar-refractivity contribution in [3.8, 4) is 0 Å². The van der Waals surface area contributed by atoms with Crippen LogP contribution in [0.3, 0.4) is 0 Å². The summed E-state index contributed by atoms with van der Waals surface area (Å²) in [5, 5.41) is 9.11. The number of aliphatic hydroxyl groups excluding tert-OH is 1. The second-order valence-corrected chi connectivity index (χ2v) is 5.36. The number of likely N-dealkylation sites (tertiary alicyclic amines) is 1. The van der Waals surface area contributed by atoms with Gasteiger partial charge in [0.1, 0.15) is 0 Å². The fourth-order valence-electron chi connectivity index (χ4n) is 2.61. The largest absolute Gasteiger partial charge is 0.396 e. The molecule has 1 fully saturated rings. The van der Waals surface area contributed by atoms with E-state index in [2.05, 4.69) is 19.1 Å². The van der Waals surface area contributed by atoms with E-state index in [0.717, 1.165) is 37.9 Å². The monoisotopic (exact) mass is 261 g/mol. The van der Waals surface area contributed by atoms with Crippen molar-refractivity contribution in [1.29, 1.82) is 0 Å². The summed E-state index contributed by atoms with van der Waals surface area (Å²) < 4.78 is 0. The van der Waals surface area contributed by atoms with E-state index in [0.29, 0.717) is 12.3 Å². The van der Waals surface area contributed by atoms with Crippen LogP contribution >= 0.6 is 0 Å². The number of aliphatic hydroxyl groups is 1. The van der Waals surface area contributed by atoms with Gasteiger partial charge in [-0.25, -0.2) is 0 Å². The van der Waals surface area contributed by atoms with Crippen LogP contribution in [0.1, 0.15) is 30.9 Å². The Hall–Kier alpha value is -1.35. The molecule has 0 aliphatic carbocycles. The lowest BCUT2D eigenvalue weighted by Gasteiger charge is -2.31. The Morgan fingerprint density at radius 2 is 2.00 bits per heavy atom. The third-order valence-corrected chi connectivity index (χ3v) is 3.98. The highest BCUT2D eigenvalue weighted by Crippen LogP contribution is 2.17. The van der Waals surface area contributed by atoms with Crippen molar-refractivity contribution in [2.75, 3.05) is 19.7 Å². The van der Waals surface area contributed by atoms with Crippen LogP contribution in [0.2, 0.25) is 0 Å². The lowest BCUT2D eigenvalue weighted by atomic mass is 9.97. The number of hydrogen-bond acceptors (Lipinski definition) is 2. The van der Waals surface area contributed by atoms with Crippen LogP contribution in [0, 0.1) is 5.92 Å². The zero-order valence-electron chi connectivity index (χ0n) is 11.6. The molecule has 1 aliphatic rings. The van der Waals surface area contributed by atoms with Crippen LogP contribution in [0.15, 0.2) is 24.3 Å². The van der Waals surface area contributed by atoms with E-state index >= 15 is 0 Å². The maximum atomic E-state index is 12.2. The zero-order valence-corrected chi connectivity index (χ0v) is 11.6. The molecular weight excluding hydrogens is 238 g/mol. The van der Waals surface area contributed by atoms with E-state index in [4.69, 9.17) is 5.11 Å². The number of rotatable bonds is 4. The second-order valence-electron chi connectivity index (χ2n) is 5.36. The van der Waals surface area contributed by atoms with Crippen LogP contribution in [-0.2, 0) is 17.6 Å². The lowest BCUT2D eigenvalue weighted by molar-refractivity contribution is -0.132. The molecule has 2 rings (SSSR count). The van der Waals surface area contributed by atoms with E-state index in [-0.39, 0.29) is 12.5 Å². The van der Waals surface area contributed by atoms with E-state index < -0.39 is 0 Å². The van der Waals surface area contributed by atoms with Gasteiger partial charge in [-0.05, 0) is 36.3 Å². The summed E-state index contributed by atoms with van der Waals surface area (Å²) in [5.74, 6) is 0.595. The van der Waals surface area contributed by atoms with Gasteiger partial charge >= 0.3 is 0 Å². The number of carbonyl (C=O) groups is 1. The number of nitrogens with zero attached hydrogens (tertiary/aromatic N) is 1. The van der Waals surface area contributed by atoms with Gasteiger partial charge in [-0.2, -0.15) is 0 Å². The summed E-state index contributed by atoms with van der Waals surface area (Å²) >= 11 is 0. The van der Waals surface area contributed by atoms with E-state index in [1.165, 1.54) is 5.56 Å². The molecule has 3 nitrogen and oxygen atoms in total. The number of amides is 1. The van der Waals surface area contributed by atoms with Crippen LogP contribution in [-0.4, -0.2) is 35.6 Å². The normalized spacial score (nSPS) is 16.6. The molecule has 0 bridgehead atoms. The lowest BCUT2D eigenvalue weighted by Crippen LogP contribution is -2.40. The number of carbonyl (C=O) groups excluding carboxylic acids is 1. The first-order valence-electron chi connectivity index (χ1n) is 7.19. The Balaban J connectivity index is 1.90. The maximum absolute atomic E-state index is 12.2. The molecular formula is C16H23NO2. The fourth-order valence-corrected chi connectivity index (χ4v) is 2.61. The van der Waals surface area contributed by atoms with Gasteiger partial charge in [-0.15, -0.1) is 0 Å². The van der Waals surface area contributed by atoms with E-state index in [9.17, 15) is 4.79 Å². The molecule has 0 radical (unpaired) electrons. The van der Waals surface area contributed by atoms with E-state index in [1.807, 2.05) is 17.0 Å². The maximum Gasteiger partial charge on any atom is 0.226 e. The highest BCUT2D eigenvalue weighted by Gasteiger charge is 2.22. The minimum atomic E-state index is 0.213. The second kappa shape index (κ2) is 6.71. The molecule has 0 spiro atoms. The molecule has 0 atom stereocenters. The standard InChI is InChI=1S/C16H23NO2/c1-2-13-4-3-5-15(10-13)11-16(19)17-8-6-14(12-18)7-9-17/h3-5,10,14,18H,2,6-9,11-12H2,1H3. The summed E-state index contributed by atoms with van der Waals surface area (Å²) in [7, 11) is 0. The first-order valence-corrected chi connectivity index (χ1v) is 7.19. The highest BCUT2D eigenvalue weighted by molar-refractivity contribution is 5.78. The zero-order chi connectivity index (χ0) is 13.7. The molecule has 0 aromatic heterocycles.